The van der Waals surface area contributed by atoms with Crippen LogP contribution in [0.1, 0.15) is 51.2 Å². The first-order valence-electron chi connectivity index (χ1n) is 10.6. The molecule has 3 aromatic carbocycles. The molecule has 0 spiro atoms. The van der Waals surface area contributed by atoms with Crippen molar-refractivity contribution in [1.29, 1.82) is 0 Å². The van der Waals surface area contributed by atoms with E-state index in [1.165, 1.54) is 7.11 Å². The number of hydrogen-bond acceptors (Lipinski definition) is 4. The van der Waals surface area contributed by atoms with Crippen LogP contribution in [0.4, 0.5) is 0 Å². The number of hydrogen-bond donors (Lipinski definition) is 1. The zero-order valence-corrected chi connectivity index (χ0v) is 18.1. The first-order valence-corrected chi connectivity index (χ1v) is 10.6. The smallest absolute Gasteiger partial charge is 0.337 e. The predicted octanol–water partition coefficient (Wildman–Crippen LogP) is 4.75. The summed E-state index contributed by atoms with van der Waals surface area (Å²) in [6, 6.07) is 22.8. The van der Waals surface area contributed by atoms with E-state index in [1.807, 2.05) is 65.2 Å². The van der Waals surface area contributed by atoms with Crippen LogP contribution >= 0.6 is 0 Å². The topological polar surface area (TPSA) is 73.2 Å². The molecule has 6 nitrogen and oxygen atoms in total. The Morgan fingerprint density at radius 1 is 1.00 bits per heavy atom. The summed E-state index contributed by atoms with van der Waals surface area (Å²) < 4.78 is 6.76. The summed E-state index contributed by atoms with van der Waals surface area (Å²) >= 11 is 0. The van der Waals surface area contributed by atoms with Crippen LogP contribution in [0.2, 0.25) is 0 Å². The predicted molar refractivity (Wildman–Crippen MR) is 124 cm³/mol. The fourth-order valence-corrected chi connectivity index (χ4v) is 3.74. The Kier molecular flexibility index (Phi) is 6.31. The maximum atomic E-state index is 12.9. The normalized spacial score (nSPS) is 11.8. The molecule has 0 aliphatic rings. The van der Waals surface area contributed by atoms with Gasteiger partial charge >= 0.3 is 5.97 Å². The molecular weight excluding hydrogens is 402 g/mol. The summed E-state index contributed by atoms with van der Waals surface area (Å²) in [5, 5.41) is 3.12. The summed E-state index contributed by atoms with van der Waals surface area (Å²) in [5.41, 5.74) is 4.92. The van der Waals surface area contributed by atoms with Gasteiger partial charge in [0.1, 0.15) is 0 Å². The number of carbonyl (C=O) groups is 2. The second-order valence-corrected chi connectivity index (χ2v) is 7.61. The number of nitrogens with one attached hydrogen (secondary N) is 1. The van der Waals surface area contributed by atoms with Gasteiger partial charge in [-0.1, -0.05) is 49.4 Å². The minimum absolute atomic E-state index is 0.0371. The van der Waals surface area contributed by atoms with Crippen molar-refractivity contribution in [1.82, 2.24) is 14.9 Å². The molecular formula is C26H25N3O3. The van der Waals surface area contributed by atoms with E-state index in [4.69, 9.17) is 4.74 Å². The molecule has 0 aliphatic carbocycles. The van der Waals surface area contributed by atoms with Crippen molar-refractivity contribution in [2.24, 2.45) is 0 Å². The lowest BCUT2D eigenvalue weighted by molar-refractivity contribution is 0.0600. The van der Waals surface area contributed by atoms with Gasteiger partial charge in [-0.3, -0.25) is 4.79 Å². The molecule has 1 N–H and O–H groups in total. The molecule has 0 saturated carbocycles. The van der Waals surface area contributed by atoms with E-state index in [0.717, 1.165) is 28.6 Å². The average Bonchev–Trinajstić information content (AvgIpc) is 3.24. The minimum atomic E-state index is -0.354. The van der Waals surface area contributed by atoms with Gasteiger partial charge in [0, 0.05) is 12.1 Å². The van der Waals surface area contributed by atoms with Crippen molar-refractivity contribution in [3.63, 3.8) is 0 Å². The number of amides is 1. The van der Waals surface area contributed by atoms with Gasteiger partial charge in [0.2, 0.25) is 0 Å². The third-order valence-electron chi connectivity index (χ3n) is 5.53. The molecule has 0 bridgehead atoms. The SMILES string of the molecule is CC[C@@H](NC(=O)c1ccc2c(c1)ncn2Cc1ccc(C(=O)OC)cc1)c1ccccc1. The van der Waals surface area contributed by atoms with Gasteiger partial charge in [0.25, 0.3) is 5.91 Å². The summed E-state index contributed by atoms with van der Waals surface area (Å²) in [6.45, 7) is 2.66. The van der Waals surface area contributed by atoms with Crippen molar-refractivity contribution in [3.8, 4) is 0 Å². The van der Waals surface area contributed by atoms with Crippen molar-refractivity contribution >= 4 is 22.9 Å². The van der Waals surface area contributed by atoms with Crippen LogP contribution in [0.3, 0.4) is 0 Å². The zero-order valence-electron chi connectivity index (χ0n) is 18.1. The van der Waals surface area contributed by atoms with Gasteiger partial charge in [-0.15, -0.1) is 0 Å². The number of rotatable bonds is 7. The van der Waals surface area contributed by atoms with Gasteiger partial charge in [-0.25, -0.2) is 9.78 Å². The number of nitrogens with zero attached hydrogens (tertiary/aromatic N) is 2. The highest BCUT2D eigenvalue weighted by molar-refractivity contribution is 5.97. The highest BCUT2D eigenvalue weighted by Gasteiger charge is 2.15. The maximum Gasteiger partial charge on any atom is 0.337 e. The largest absolute Gasteiger partial charge is 0.465 e. The lowest BCUT2D eigenvalue weighted by Gasteiger charge is -2.17. The van der Waals surface area contributed by atoms with Gasteiger partial charge in [0.05, 0.1) is 36.1 Å². The number of esters is 1. The highest BCUT2D eigenvalue weighted by Crippen LogP contribution is 2.20. The van der Waals surface area contributed by atoms with Crippen molar-refractivity contribution in [2.75, 3.05) is 7.11 Å². The second kappa shape index (κ2) is 9.47. The van der Waals surface area contributed by atoms with E-state index in [0.29, 0.717) is 17.7 Å². The quantitative estimate of drug-likeness (QED) is 0.432. The Balaban J connectivity index is 1.50. The second-order valence-electron chi connectivity index (χ2n) is 7.61. The van der Waals surface area contributed by atoms with Crippen LogP contribution in [-0.4, -0.2) is 28.5 Å². The maximum absolute atomic E-state index is 12.9. The number of methoxy groups -OCH3 is 1. The Hall–Kier alpha value is -3.93. The number of benzene rings is 3. The summed E-state index contributed by atoms with van der Waals surface area (Å²) in [4.78, 5) is 28.9. The summed E-state index contributed by atoms with van der Waals surface area (Å²) in [7, 11) is 1.37. The van der Waals surface area contributed by atoms with E-state index < -0.39 is 0 Å². The molecule has 1 heterocycles. The Labute approximate surface area is 186 Å². The van der Waals surface area contributed by atoms with Gasteiger partial charge in [-0.2, -0.15) is 0 Å². The van der Waals surface area contributed by atoms with Gasteiger partial charge in [-0.05, 0) is 47.9 Å². The molecule has 32 heavy (non-hydrogen) atoms. The standard InChI is InChI=1S/C26H25N3O3/c1-3-22(19-7-5-4-6-8-19)28-25(30)21-13-14-24-23(15-21)27-17-29(24)16-18-9-11-20(12-10-18)26(31)32-2/h4-15,17,22H,3,16H2,1-2H3,(H,28,30)/t22-/m1/s1. The van der Waals surface area contributed by atoms with E-state index >= 15 is 0 Å². The summed E-state index contributed by atoms with van der Waals surface area (Å²) in [6.07, 6.45) is 2.57. The molecule has 1 atom stereocenters. The molecule has 6 heteroatoms. The molecule has 1 aromatic heterocycles. The number of ether oxygens (including phenoxy) is 1. The number of carbonyl (C=O) groups excluding carboxylic acids is 2. The average molecular weight is 428 g/mol. The summed E-state index contributed by atoms with van der Waals surface area (Å²) in [5.74, 6) is -0.469. The zero-order chi connectivity index (χ0) is 22.5. The van der Waals surface area contributed by atoms with Crippen molar-refractivity contribution in [2.45, 2.75) is 25.9 Å². The fraction of sp³-hybridized carbons (Fsp3) is 0.192. The molecule has 162 valence electrons. The first kappa shape index (κ1) is 21.3. The Morgan fingerprint density at radius 3 is 2.41 bits per heavy atom. The molecule has 4 rings (SSSR count). The van der Waals surface area contributed by atoms with E-state index in [-0.39, 0.29) is 17.9 Å². The van der Waals surface area contributed by atoms with Crippen molar-refractivity contribution < 1.29 is 14.3 Å². The highest BCUT2D eigenvalue weighted by atomic mass is 16.5. The molecule has 0 aliphatic heterocycles. The molecule has 0 radical (unpaired) electrons. The third-order valence-corrected chi connectivity index (χ3v) is 5.53. The van der Waals surface area contributed by atoms with E-state index in [9.17, 15) is 9.59 Å². The molecule has 4 aromatic rings. The van der Waals surface area contributed by atoms with Crippen LogP contribution in [0.5, 0.6) is 0 Å². The van der Waals surface area contributed by atoms with Gasteiger partial charge in [0.15, 0.2) is 0 Å². The molecule has 1 amide bonds. The minimum Gasteiger partial charge on any atom is -0.465 e. The Bertz CT molecular complexity index is 1230. The van der Waals surface area contributed by atoms with E-state index in [1.54, 1.807) is 18.5 Å². The molecule has 0 fully saturated rings. The number of fused-ring (bicyclic) bond motifs is 1. The monoisotopic (exact) mass is 427 g/mol. The Morgan fingerprint density at radius 2 is 1.72 bits per heavy atom. The van der Waals surface area contributed by atoms with Crippen molar-refractivity contribution in [3.05, 3.63) is 101 Å². The molecule has 0 unspecified atom stereocenters. The van der Waals surface area contributed by atoms with Crippen LogP contribution in [0.25, 0.3) is 11.0 Å². The fourth-order valence-electron chi connectivity index (χ4n) is 3.74. The van der Waals surface area contributed by atoms with Crippen LogP contribution in [0.15, 0.2) is 79.1 Å². The van der Waals surface area contributed by atoms with Crippen LogP contribution in [-0.2, 0) is 11.3 Å². The molecule has 0 saturated heterocycles. The lowest BCUT2D eigenvalue weighted by Crippen LogP contribution is -2.28. The first-order chi connectivity index (χ1) is 15.6. The number of aromatic nitrogens is 2. The van der Waals surface area contributed by atoms with Crippen LogP contribution < -0.4 is 5.32 Å². The number of imidazole rings is 1. The third kappa shape index (κ3) is 4.54. The van der Waals surface area contributed by atoms with E-state index in [2.05, 4.69) is 17.2 Å². The van der Waals surface area contributed by atoms with Crippen LogP contribution in [0, 0.1) is 0 Å². The lowest BCUT2D eigenvalue weighted by atomic mass is 10.0. The van der Waals surface area contributed by atoms with Gasteiger partial charge < -0.3 is 14.6 Å².